The molecule has 0 bridgehead atoms. The predicted octanol–water partition coefficient (Wildman–Crippen LogP) is 3.57. The van der Waals surface area contributed by atoms with Crippen molar-refractivity contribution >= 4 is 34.0 Å². The Kier molecular flexibility index (Phi) is 3.66. The first-order chi connectivity index (χ1) is 8.59. The summed E-state index contributed by atoms with van der Waals surface area (Å²) in [6, 6.07) is 11.9. The lowest BCUT2D eigenvalue weighted by Crippen LogP contribution is -1.98. The number of halogens is 1. The SMILES string of the molecule is Nc1cccc(Oc2ccccc2I)c1[N+](=O)[O-]. The standard InChI is InChI=1S/C12H9IN2O3/c13-8-4-1-2-6-10(8)18-11-7-3-5-9(14)12(11)15(16)17/h1-7H,14H2. The maximum atomic E-state index is 11.0. The number of hydrogen-bond donors (Lipinski definition) is 1. The van der Waals surface area contributed by atoms with Gasteiger partial charge in [-0.25, -0.2) is 0 Å². The third-order valence-corrected chi connectivity index (χ3v) is 3.16. The number of rotatable bonds is 3. The van der Waals surface area contributed by atoms with Gasteiger partial charge in [0.1, 0.15) is 11.4 Å². The number of benzene rings is 2. The lowest BCUT2D eigenvalue weighted by atomic mass is 10.2. The molecule has 0 unspecified atom stereocenters. The highest BCUT2D eigenvalue weighted by molar-refractivity contribution is 14.1. The van der Waals surface area contributed by atoms with Crippen molar-refractivity contribution in [1.29, 1.82) is 0 Å². The molecule has 0 fully saturated rings. The van der Waals surface area contributed by atoms with Crippen molar-refractivity contribution in [3.05, 3.63) is 56.1 Å². The normalized spacial score (nSPS) is 10.1. The number of nitrogens with two attached hydrogens (primary N) is 1. The van der Waals surface area contributed by atoms with Crippen LogP contribution in [0.5, 0.6) is 11.5 Å². The van der Waals surface area contributed by atoms with Gasteiger partial charge in [0, 0.05) is 0 Å². The van der Waals surface area contributed by atoms with Gasteiger partial charge in [0.25, 0.3) is 0 Å². The van der Waals surface area contributed by atoms with Crippen LogP contribution in [0.3, 0.4) is 0 Å². The predicted molar refractivity (Wildman–Crippen MR) is 76.7 cm³/mol. The molecule has 0 aliphatic carbocycles. The summed E-state index contributed by atoms with van der Waals surface area (Å²) < 4.78 is 6.42. The van der Waals surface area contributed by atoms with E-state index in [-0.39, 0.29) is 17.1 Å². The summed E-state index contributed by atoms with van der Waals surface area (Å²) in [7, 11) is 0. The molecule has 0 saturated carbocycles. The zero-order chi connectivity index (χ0) is 13.1. The summed E-state index contributed by atoms with van der Waals surface area (Å²) in [6.07, 6.45) is 0. The smallest absolute Gasteiger partial charge is 0.334 e. The zero-order valence-corrected chi connectivity index (χ0v) is 11.3. The van der Waals surface area contributed by atoms with Gasteiger partial charge < -0.3 is 10.5 Å². The van der Waals surface area contributed by atoms with Crippen LogP contribution in [0.2, 0.25) is 0 Å². The maximum absolute atomic E-state index is 11.0. The van der Waals surface area contributed by atoms with Crippen LogP contribution >= 0.6 is 22.6 Å². The number of hydrogen-bond acceptors (Lipinski definition) is 4. The highest BCUT2D eigenvalue weighted by Crippen LogP contribution is 2.36. The summed E-state index contributed by atoms with van der Waals surface area (Å²) in [4.78, 5) is 10.4. The molecule has 92 valence electrons. The van der Waals surface area contributed by atoms with E-state index in [4.69, 9.17) is 10.5 Å². The second-order valence-electron chi connectivity index (χ2n) is 3.48. The number of nitrogen functional groups attached to an aromatic ring is 1. The molecule has 0 heterocycles. The van der Waals surface area contributed by atoms with Crippen LogP contribution in [0.1, 0.15) is 0 Å². The number of ether oxygens (including phenoxy) is 1. The Balaban J connectivity index is 2.44. The molecule has 2 aromatic carbocycles. The number of nitro groups is 1. The van der Waals surface area contributed by atoms with E-state index in [1.54, 1.807) is 18.2 Å². The zero-order valence-electron chi connectivity index (χ0n) is 9.17. The summed E-state index contributed by atoms with van der Waals surface area (Å²) in [5.41, 5.74) is 5.47. The second kappa shape index (κ2) is 5.21. The Morgan fingerprint density at radius 3 is 2.44 bits per heavy atom. The summed E-state index contributed by atoms with van der Waals surface area (Å²) >= 11 is 2.10. The Hall–Kier alpha value is -1.83. The summed E-state index contributed by atoms with van der Waals surface area (Å²) in [5, 5.41) is 11.0. The van der Waals surface area contributed by atoms with Crippen molar-refractivity contribution in [2.24, 2.45) is 0 Å². The molecule has 0 spiro atoms. The van der Waals surface area contributed by atoms with Crippen LogP contribution in [0.15, 0.2) is 42.5 Å². The van der Waals surface area contributed by atoms with Gasteiger partial charge in [0.15, 0.2) is 0 Å². The number of anilines is 1. The Morgan fingerprint density at radius 1 is 1.11 bits per heavy atom. The number of nitro benzene ring substituents is 1. The minimum absolute atomic E-state index is 0.0865. The quantitative estimate of drug-likeness (QED) is 0.395. The van der Waals surface area contributed by atoms with Crippen LogP contribution in [0, 0.1) is 13.7 Å². The van der Waals surface area contributed by atoms with Crippen molar-refractivity contribution in [3.63, 3.8) is 0 Å². The van der Waals surface area contributed by atoms with E-state index < -0.39 is 4.92 Å². The highest BCUT2D eigenvalue weighted by atomic mass is 127. The van der Waals surface area contributed by atoms with E-state index in [0.717, 1.165) is 3.57 Å². The maximum Gasteiger partial charge on any atom is 0.334 e. The molecule has 0 amide bonds. The molecule has 0 aliphatic rings. The topological polar surface area (TPSA) is 78.4 Å². The molecular weight excluding hydrogens is 347 g/mol. The van der Waals surface area contributed by atoms with Crippen LogP contribution in [0.25, 0.3) is 0 Å². The summed E-state index contributed by atoms with van der Waals surface area (Å²) in [6.45, 7) is 0. The third-order valence-electron chi connectivity index (χ3n) is 2.27. The van der Waals surface area contributed by atoms with Gasteiger partial charge >= 0.3 is 5.69 Å². The Bertz CT molecular complexity index is 602. The van der Waals surface area contributed by atoms with E-state index in [2.05, 4.69) is 22.6 Å². The van der Waals surface area contributed by atoms with Gasteiger partial charge in [-0.1, -0.05) is 18.2 Å². The van der Waals surface area contributed by atoms with E-state index in [1.165, 1.54) is 12.1 Å². The monoisotopic (exact) mass is 356 g/mol. The largest absolute Gasteiger partial charge is 0.449 e. The van der Waals surface area contributed by atoms with E-state index in [9.17, 15) is 10.1 Å². The van der Waals surface area contributed by atoms with Crippen molar-refractivity contribution in [2.75, 3.05) is 5.73 Å². The van der Waals surface area contributed by atoms with Gasteiger partial charge in [0.05, 0.1) is 8.49 Å². The first kappa shape index (κ1) is 12.6. The second-order valence-corrected chi connectivity index (χ2v) is 4.65. The van der Waals surface area contributed by atoms with Crippen molar-refractivity contribution in [2.45, 2.75) is 0 Å². The van der Waals surface area contributed by atoms with Crippen molar-refractivity contribution in [3.8, 4) is 11.5 Å². The minimum Gasteiger partial charge on any atom is -0.449 e. The first-order valence-corrected chi connectivity index (χ1v) is 6.12. The molecule has 0 aliphatic heterocycles. The van der Waals surface area contributed by atoms with Gasteiger partial charge in [0.2, 0.25) is 5.75 Å². The minimum atomic E-state index is -0.541. The molecule has 2 N–H and O–H groups in total. The number of para-hydroxylation sites is 2. The molecule has 5 nitrogen and oxygen atoms in total. The molecule has 0 atom stereocenters. The third kappa shape index (κ3) is 2.53. The fourth-order valence-electron chi connectivity index (χ4n) is 1.46. The van der Waals surface area contributed by atoms with Gasteiger partial charge in [-0.3, -0.25) is 10.1 Å². The van der Waals surface area contributed by atoms with Crippen LogP contribution in [0.4, 0.5) is 11.4 Å². The molecule has 0 saturated heterocycles. The van der Waals surface area contributed by atoms with Crippen LogP contribution in [-0.2, 0) is 0 Å². The van der Waals surface area contributed by atoms with Crippen molar-refractivity contribution < 1.29 is 9.66 Å². The Labute approximate surface area is 117 Å². The highest BCUT2D eigenvalue weighted by Gasteiger charge is 2.20. The molecule has 2 aromatic rings. The Morgan fingerprint density at radius 2 is 1.78 bits per heavy atom. The van der Waals surface area contributed by atoms with Gasteiger partial charge in [-0.05, 0) is 46.9 Å². The molecule has 0 aromatic heterocycles. The van der Waals surface area contributed by atoms with Crippen LogP contribution < -0.4 is 10.5 Å². The average molecular weight is 356 g/mol. The fourth-order valence-corrected chi connectivity index (χ4v) is 1.96. The summed E-state index contributed by atoms with van der Waals surface area (Å²) in [5.74, 6) is 0.705. The molecule has 6 heteroatoms. The average Bonchev–Trinajstić information content (AvgIpc) is 2.31. The lowest BCUT2D eigenvalue weighted by molar-refractivity contribution is -0.384. The van der Waals surface area contributed by atoms with Crippen molar-refractivity contribution in [1.82, 2.24) is 0 Å². The van der Waals surface area contributed by atoms with E-state index >= 15 is 0 Å². The van der Waals surface area contributed by atoms with Gasteiger partial charge in [-0.15, -0.1) is 0 Å². The fraction of sp³-hybridized carbons (Fsp3) is 0. The molecular formula is C12H9IN2O3. The van der Waals surface area contributed by atoms with Gasteiger partial charge in [-0.2, -0.15) is 0 Å². The lowest BCUT2D eigenvalue weighted by Gasteiger charge is -2.08. The molecule has 2 rings (SSSR count). The molecule has 0 radical (unpaired) electrons. The first-order valence-electron chi connectivity index (χ1n) is 5.05. The van der Waals surface area contributed by atoms with Crippen LogP contribution in [-0.4, -0.2) is 4.92 Å². The van der Waals surface area contributed by atoms with E-state index in [0.29, 0.717) is 5.75 Å². The molecule has 18 heavy (non-hydrogen) atoms. The van der Waals surface area contributed by atoms with E-state index in [1.807, 2.05) is 12.1 Å². The number of nitrogens with zero attached hydrogens (tertiary/aromatic N) is 1.